The van der Waals surface area contributed by atoms with Crippen LogP contribution in [0.3, 0.4) is 0 Å². The molecule has 0 saturated heterocycles. The molecule has 0 aromatic carbocycles. The first-order valence-electron chi connectivity index (χ1n) is 1.97. The molecule has 0 heterocycles. The van der Waals surface area contributed by atoms with Gasteiger partial charge in [0.1, 0.15) is 5.76 Å². The van der Waals surface area contributed by atoms with Gasteiger partial charge in [-0.15, -0.1) is 13.2 Å². The molecule has 0 atom stereocenters. The predicted octanol–water partition coefficient (Wildman–Crippen LogP) is 1.58. The van der Waals surface area contributed by atoms with Crippen molar-refractivity contribution in [2.75, 3.05) is 0 Å². The zero-order chi connectivity index (χ0) is 7.15. The summed E-state index contributed by atoms with van der Waals surface area (Å²) in [6.45, 7) is 12.3. The number of nitrogens with two attached hydrogens (primary N) is 1. The summed E-state index contributed by atoms with van der Waals surface area (Å²) < 4.78 is 0. The van der Waals surface area contributed by atoms with Gasteiger partial charge in [0.05, 0.1) is 5.70 Å². The second-order valence-electron chi connectivity index (χ2n) is 0.972. The van der Waals surface area contributed by atoms with Crippen molar-refractivity contribution in [2.45, 2.75) is 0 Å². The second-order valence-corrected chi connectivity index (χ2v) is 0.972. The molecule has 0 unspecified atom stereocenters. The molecule has 0 aliphatic rings. The predicted molar refractivity (Wildman–Crippen MR) is 38.5 cm³/mol. The van der Waals surface area contributed by atoms with Crippen molar-refractivity contribution in [1.29, 1.82) is 0 Å². The largest absolute Gasteiger partial charge is 0.506 e. The fraction of sp³-hybridized carbons (Fsp3) is 0. The van der Waals surface area contributed by atoms with Crippen LogP contribution in [0.2, 0.25) is 0 Å². The normalized spacial score (nSPS) is 6.00. The number of hydrogen-bond donors (Lipinski definition) is 2. The van der Waals surface area contributed by atoms with Crippen molar-refractivity contribution in [3.8, 4) is 0 Å². The summed E-state index contributed by atoms with van der Waals surface area (Å²) in [7, 11) is 0. The van der Waals surface area contributed by atoms with Gasteiger partial charge < -0.3 is 10.8 Å². The molecule has 0 saturated carbocycles. The number of rotatable bonds is 1. The van der Waals surface area contributed by atoms with E-state index in [-0.39, 0.29) is 12.9 Å². The highest BCUT2D eigenvalue weighted by Crippen LogP contribution is 1.86. The maximum absolute atomic E-state index is 8.21. The Morgan fingerprint density at radius 3 is 1.50 bits per heavy atom. The topological polar surface area (TPSA) is 46.2 Å². The summed E-state index contributed by atoms with van der Waals surface area (Å²) in [5.41, 5.74) is 5.01. The summed E-state index contributed by atoms with van der Waals surface area (Å²) in [6, 6.07) is 0. The van der Waals surface area contributed by atoms with Crippen LogP contribution >= 0.6 is 0 Å². The van der Waals surface area contributed by atoms with E-state index in [1.54, 1.807) is 0 Å². The molecule has 0 aliphatic carbocycles. The van der Waals surface area contributed by atoms with E-state index in [0.29, 0.717) is 0 Å². The molecule has 0 amide bonds. The van der Waals surface area contributed by atoms with Crippen LogP contribution in [0.1, 0.15) is 1.43 Å². The smallest absolute Gasteiger partial charge is 0.130 e. The monoisotopic (exact) mass is 115 g/mol. The van der Waals surface area contributed by atoms with Crippen molar-refractivity contribution in [3.63, 3.8) is 0 Å². The third-order valence-corrected chi connectivity index (χ3v) is 0.371. The Morgan fingerprint density at radius 2 is 1.50 bits per heavy atom. The maximum Gasteiger partial charge on any atom is 0.130 e. The van der Waals surface area contributed by atoms with Crippen LogP contribution in [-0.4, -0.2) is 5.11 Å². The lowest BCUT2D eigenvalue weighted by atomic mass is 10.5. The first-order valence-corrected chi connectivity index (χ1v) is 1.97. The Labute approximate surface area is 51.1 Å². The van der Waals surface area contributed by atoms with Gasteiger partial charge in [-0.3, -0.25) is 0 Å². The molecule has 0 bridgehead atoms. The van der Waals surface area contributed by atoms with Gasteiger partial charge in [0.25, 0.3) is 0 Å². The lowest BCUT2D eigenvalue weighted by Gasteiger charge is -1.88. The summed E-state index contributed by atoms with van der Waals surface area (Å²) in [5, 5.41) is 8.21. The molecular formula is C6H13NO. The van der Waals surface area contributed by atoms with Crippen molar-refractivity contribution in [2.24, 2.45) is 5.73 Å². The van der Waals surface area contributed by atoms with Crippen molar-refractivity contribution < 1.29 is 6.53 Å². The lowest BCUT2D eigenvalue weighted by molar-refractivity contribution is 0.425. The average molecular weight is 115 g/mol. The SMILES string of the molecule is C=C.C=C(N)C(=C)O.[HH]. The molecule has 2 heteroatoms. The van der Waals surface area contributed by atoms with E-state index in [2.05, 4.69) is 26.3 Å². The number of aliphatic hydroxyl groups excluding tert-OH is 1. The van der Waals surface area contributed by atoms with Crippen LogP contribution in [0.5, 0.6) is 0 Å². The minimum absolute atomic E-state index is 0. The van der Waals surface area contributed by atoms with Gasteiger partial charge in [-0.2, -0.15) is 0 Å². The number of aliphatic hydroxyl groups is 1. The van der Waals surface area contributed by atoms with Crippen molar-refractivity contribution in [3.05, 3.63) is 37.8 Å². The van der Waals surface area contributed by atoms with Crippen LogP contribution in [0.15, 0.2) is 37.8 Å². The van der Waals surface area contributed by atoms with Gasteiger partial charge in [-0.05, 0) is 0 Å². The fourth-order valence-corrected chi connectivity index (χ4v) is 0. The van der Waals surface area contributed by atoms with Crippen molar-refractivity contribution >= 4 is 0 Å². The molecule has 0 aromatic heterocycles. The highest BCUT2D eigenvalue weighted by Gasteiger charge is 1.81. The number of hydrogen-bond acceptors (Lipinski definition) is 2. The summed E-state index contributed by atoms with van der Waals surface area (Å²) in [6.07, 6.45) is 0. The van der Waals surface area contributed by atoms with E-state index in [1.807, 2.05) is 0 Å². The van der Waals surface area contributed by atoms with E-state index in [0.717, 1.165) is 0 Å². The first-order chi connectivity index (χ1) is 3.64. The Balaban J connectivity index is -0.000000109. The quantitative estimate of drug-likeness (QED) is 0.309. The van der Waals surface area contributed by atoms with Crippen LogP contribution < -0.4 is 5.73 Å². The molecule has 0 rings (SSSR count). The molecule has 0 spiro atoms. The Bertz CT molecular complexity index is 89.2. The van der Waals surface area contributed by atoms with Gasteiger partial charge in [-0.1, -0.05) is 13.2 Å². The highest BCUT2D eigenvalue weighted by molar-refractivity contribution is 5.12. The average Bonchev–Trinajstić information content (AvgIpc) is 1.72. The fourth-order valence-electron chi connectivity index (χ4n) is 0. The Hall–Kier alpha value is -1.18. The van der Waals surface area contributed by atoms with Gasteiger partial charge in [0, 0.05) is 1.43 Å². The minimum atomic E-state index is -0.157. The van der Waals surface area contributed by atoms with Gasteiger partial charge in [0.2, 0.25) is 0 Å². The second kappa shape index (κ2) is 5.82. The van der Waals surface area contributed by atoms with Gasteiger partial charge in [0.15, 0.2) is 0 Å². The molecule has 2 nitrogen and oxygen atoms in total. The molecular weight excluding hydrogens is 102 g/mol. The summed E-state index contributed by atoms with van der Waals surface area (Å²) >= 11 is 0. The van der Waals surface area contributed by atoms with Crippen LogP contribution in [0.4, 0.5) is 0 Å². The van der Waals surface area contributed by atoms with E-state index in [4.69, 9.17) is 10.8 Å². The van der Waals surface area contributed by atoms with E-state index >= 15 is 0 Å². The molecule has 0 aromatic rings. The maximum atomic E-state index is 8.21. The molecule has 8 heavy (non-hydrogen) atoms. The van der Waals surface area contributed by atoms with Gasteiger partial charge in [-0.25, -0.2) is 0 Å². The van der Waals surface area contributed by atoms with E-state index in [9.17, 15) is 0 Å². The highest BCUT2D eigenvalue weighted by atomic mass is 16.3. The molecule has 0 radical (unpaired) electrons. The Kier molecular flexibility index (Phi) is 7.23. The molecule has 0 aliphatic heterocycles. The van der Waals surface area contributed by atoms with Crippen LogP contribution in [-0.2, 0) is 0 Å². The van der Waals surface area contributed by atoms with Crippen LogP contribution in [0, 0.1) is 0 Å². The minimum Gasteiger partial charge on any atom is -0.506 e. The van der Waals surface area contributed by atoms with Gasteiger partial charge >= 0.3 is 0 Å². The lowest BCUT2D eigenvalue weighted by Crippen LogP contribution is -1.95. The third-order valence-electron chi connectivity index (χ3n) is 0.371. The third kappa shape index (κ3) is 8.84. The van der Waals surface area contributed by atoms with Crippen LogP contribution in [0.25, 0.3) is 0 Å². The van der Waals surface area contributed by atoms with Crippen molar-refractivity contribution in [1.82, 2.24) is 0 Å². The molecule has 0 fully saturated rings. The zero-order valence-electron chi connectivity index (χ0n) is 4.85. The molecule has 48 valence electrons. The van der Waals surface area contributed by atoms with E-state index < -0.39 is 0 Å². The first kappa shape index (κ1) is 9.94. The van der Waals surface area contributed by atoms with E-state index in [1.165, 1.54) is 0 Å². The summed E-state index contributed by atoms with van der Waals surface area (Å²) in [5.74, 6) is -0.157. The molecule has 3 N–H and O–H groups in total. The zero-order valence-corrected chi connectivity index (χ0v) is 4.85. The standard InChI is InChI=1S/C4H7NO.C2H4.H2/c1-3(5)4(2)6;1-2;/h6H,1-2,5H2;1-2H2;1H. The Morgan fingerprint density at radius 1 is 1.38 bits per heavy atom. The summed E-state index contributed by atoms with van der Waals surface area (Å²) in [4.78, 5) is 0.